The van der Waals surface area contributed by atoms with Crippen molar-refractivity contribution in [2.75, 3.05) is 18.9 Å². The van der Waals surface area contributed by atoms with Gasteiger partial charge < -0.3 is 10.1 Å². The van der Waals surface area contributed by atoms with Crippen LogP contribution < -0.4 is 20.3 Å². The normalized spacial score (nSPS) is 12.2. The summed E-state index contributed by atoms with van der Waals surface area (Å²) < 4.78 is 61.6. The molecule has 0 unspecified atom stereocenters. The summed E-state index contributed by atoms with van der Waals surface area (Å²) in [6.07, 6.45) is 2.79. The van der Waals surface area contributed by atoms with Gasteiger partial charge >= 0.3 is 0 Å². The molecule has 2 N–H and O–H groups in total. The van der Waals surface area contributed by atoms with Crippen LogP contribution in [0.4, 0.5) is 14.5 Å². The Balaban J connectivity index is 1.73. The largest absolute Gasteiger partial charge is 0.480 e. The molecule has 198 valence electrons. The lowest BCUT2D eigenvalue weighted by Crippen LogP contribution is -2.32. The van der Waals surface area contributed by atoms with Gasteiger partial charge in [0.25, 0.3) is 15.6 Å². The molecule has 4 aromatic rings. The fourth-order valence-electron chi connectivity index (χ4n) is 3.83. The molecular weight excluding hydrogens is 520 g/mol. The zero-order valence-corrected chi connectivity index (χ0v) is 21.3. The van der Waals surface area contributed by atoms with Gasteiger partial charge in [0.2, 0.25) is 11.8 Å². The number of aromatic nitrogens is 3. The van der Waals surface area contributed by atoms with Gasteiger partial charge in [0.05, 0.1) is 35.2 Å². The number of benzene rings is 2. The summed E-state index contributed by atoms with van der Waals surface area (Å²) in [4.78, 5) is 32.8. The molecule has 0 radical (unpaired) electrons. The second-order valence-electron chi connectivity index (χ2n) is 8.44. The second-order valence-corrected chi connectivity index (χ2v) is 10.1. The third-order valence-corrected chi connectivity index (χ3v) is 7.10. The molecule has 0 bridgehead atoms. The fraction of sp³-hybridized carbons (Fsp3) is 0.200. The Hall–Kier alpha value is -4.39. The van der Waals surface area contributed by atoms with E-state index in [1.54, 1.807) is 25.1 Å². The number of pyridine rings is 1. The minimum Gasteiger partial charge on any atom is -0.480 e. The maximum absolute atomic E-state index is 13.6. The Morgan fingerprint density at radius 2 is 1.79 bits per heavy atom. The van der Waals surface area contributed by atoms with Gasteiger partial charge in [-0.3, -0.25) is 18.9 Å². The van der Waals surface area contributed by atoms with E-state index in [0.717, 1.165) is 0 Å². The van der Waals surface area contributed by atoms with Crippen molar-refractivity contribution >= 4 is 32.5 Å². The lowest BCUT2D eigenvalue weighted by Gasteiger charge is -2.14. The van der Waals surface area contributed by atoms with E-state index in [9.17, 15) is 26.8 Å². The van der Waals surface area contributed by atoms with Gasteiger partial charge in [-0.2, -0.15) is 0 Å². The Labute approximate surface area is 216 Å². The molecule has 4 rings (SSSR count). The van der Waals surface area contributed by atoms with Crippen molar-refractivity contribution in [3.8, 4) is 17.0 Å². The summed E-state index contributed by atoms with van der Waals surface area (Å²) in [6, 6.07) is 8.23. The first-order valence-electron chi connectivity index (χ1n) is 11.3. The Kier molecular flexibility index (Phi) is 7.39. The molecule has 2 aromatic carbocycles. The number of hydrogen-bond acceptors (Lipinski definition) is 7. The van der Waals surface area contributed by atoms with E-state index in [1.165, 1.54) is 37.3 Å². The molecule has 0 spiro atoms. The first-order chi connectivity index (χ1) is 18.0. The highest BCUT2D eigenvalue weighted by Crippen LogP contribution is 2.31. The van der Waals surface area contributed by atoms with Crippen LogP contribution in [-0.2, 0) is 21.4 Å². The number of nitrogens with one attached hydrogen (secondary N) is 2. The molecule has 0 saturated heterocycles. The van der Waals surface area contributed by atoms with Gasteiger partial charge in [-0.1, -0.05) is 13.0 Å². The number of anilines is 1. The zero-order chi connectivity index (χ0) is 27.6. The van der Waals surface area contributed by atoms with Crippen LogP contribution in [0.15, 0.2) is 64.7 Å². The van der Waals surface area contributed by atoms with Crippen LogP contribution in [0.1, 0.15) is 6.92 Å². The van der Waals surface area contributed by atoms with Crippen molar-refractivity contribution < 1.29 is 26.7 Å². The average molecular weight is 544 g/mol. The molecule has 10 nitrogen and oxygen atoms in total. The number of sulfonamides is 1. The van der Waals surface area contributed by atoms with Crippen LogP contribution in [0.3, 0.4) is 0 Å². The van der Waals surface area contributed by atoms with E-state index in [-0.39, 0.29) is 35.0 Å². The highest BCUT2D eigenvalue weighted by Gasteiger charge is 2.20. The standard InChI is InChI=1S/C25H23F2N5O5S/c1-14(23(33)28-2)12-32-13-30-21-5-4-15(6-20(21)25(32)34)16-7-22(24(37-3)29-11-16)31-38(35,36)19-9-17(26)8-18(27)10-19/h4-11,13-14,31H,12H2,1-3H3,(H,28,33)/t14-/m0/s1. The Morgan fingerprint density at radius 1 is 1.08 bits per heavy atom. The molecule has 38 heavy (non-hydrogen) atoms. The number of ether oxygens (including phenoxy) is 1. The summed E-state index contributed by atoms with van der Waals surface area (Å²) in [5.74, 6) is -2.87. The monoisotopic (exact) mass is 543 g/mol. The van der Waals surface area contributed by atoms with Gasteiger partial charge in [0.1, 0.15) is 17.3 Å². The quantitative estimate of drug-likeness (QED) is 0.349. The van der Waals surface area contributed by atoms with Crippen molar-refractivity contribution in [3.63, 3.8) is 0 Å². The molecule has 0 fully saturated rings. The number of nitrogens with zero attached hydrogens (tertiary/aromatic N) is 3. The van der Waals surface area contributed by atoms with Crippen LogP contribution >= 0.6 is 0 Å². The molecule has 1 amide bonds. The third kappa shape index (κ3) is 5.47. The molecule has 13 heteroatoms. The van der Waals surface area contributed by atoms with Crippen molar-refractivity contribution in [2.45, 2.75) is 18.4 Å². The Bertz CT molecular complexity index is 1690. The summed E-state index contributed by atoms with van der Waals surface area (Å²) in [5, 5.41) is 2.82. The molecule has 0 aliphatic heterocycles. The van der Waals surface area contributed by atoms with Gasteiger partial charge in [0.15, 0.2) is 0 Å². The predicted octanol–water partition coefficient (Wildman–Crippen LogP) is 2.93. The molecule has 2 heterocycles. The Morgan fingerprint density at radius 3 is 2.45 bits per heavy atom. The van der Waals surface area contributed by atoms with E-state index < -0.39 is 32.5 Å². The smallest absolute Gasteiger partial charge is 0.262 e. The van der Waals surface area contributed by atoms with Crippen LogP contribution in [0, 0.1) is 17.6 Å². The highest BCUT2D eigenvalue weighted by atomic mass is 32.2. The van der Waals surface area contributed by atoms with E-state index in [1.807, 2.05) is 0 Å². The maximum atomic E-state index is 13.6. The molecule has 0 saturated carbocycles. The summed E-state index contributed by atoms with van der Waals surface area (Å²) >= 11 is 0. The number of carbonyl (C=O) groups is 1. The summed E-state index contributed by atoms with van der Waals surface area (Å²) in [7, 11) is -1.61. The number of rotatable bonds is 8. The SMILES string of the molecule is CNC(=O)[C@@H](C)Cn1cnc2ccc(-c3cnc(OC)c(NS(=O)(=O)c4cc(F)cc(F)c4)c3)cc2c1=O. The number of hydrogen-bond donors (Lipinski definition) is 2. The topological polar surface area (TPSA) is 132 Å². The molecular formula is C25H23F2N5O5S. The minimum absolute atomic E-state index is 0.0813. The first kappa shape index (κ1) is 26.7. The van der Waals surface area contributed by atoms with Crippen LogP contribution in [-0.4, -0.2) is 43.0 Å². The maximum Gasteiger partial charge on any atom is 0.262 e. The summed E-state index contributed by atoms with van der Waals surface area (Å²) in [6.45, 7) is 1.82. The second kappa shape index (κ2) is 10.5. The van der Waals surface area contributed by atoms with Crippen molar-refractivity contribution in [2.24, 2.45) is 5.92 Å². The zero-order valence-electron chi connectivity index (χ0n) is 20.5. The van der Waals surface area contributed by atoms with Crippen molar-refractivity contribution in [1.29, 1.82) is 0 Å². The number of carbonyl (C=O) groups excluding carboxylic acids is 1. The number of methoxy groups -OCH3 is 1. The lowest BCUT2D eigenvalue weighted by molar-refractivity contribution is -0.124. The molecule has 1 atom stereocenters. The lowest BCUT2D eigenvalue weighted by atomic mass is 10.0. The number of amides is 1. The first-order valence-corrected chi connectivity index (χ1v) is 12.7. The summed E-state index contributed by atoms with van der Waals surface area (Å²) in [5.41, 5.74) is 0.921. The fourth-order valence-corrected chi connectivity index (χ4v) is 4.92. The van der Waals surface area contributed by atoms with Crippen LogP contribution in [0.5, 0.6) is 5.88 Å². The van der Waals surface area contributed by atoms with Crippen LogP contribution in [0.2, 0.25) is 0 Å². The van der Waals surface area contributed by atoms with E-state index in [4.69, 9.17) is 4.74 Å². The van der Waals surface area contributed by atoms with Crippen LogP contribution in [0.25, 0.3) is 22.0 Å². The molecule has 0 aliphatic carbocycles. The van der Waals surface area contributed by atoms with Crippen molar-refractivity contribution in [1.82, 2.24) is 19.9 Å². The molecule has 2 aromatic heterocycles. The minimum atomic E-state index is -4.40. The van der Waals surface area contributed by atoms with E-state index in [0.29, 0.717) is 34.8 Å². The van der Waals surface area contributed by atoms with Gasteiger partial charge in [-0.25, -0.2) is 27.2 Å². The number of halogens is 2. The number of fused-ring (bicyclic) bond motifs is 1. The highest BCUT2D eigenvalue weighted by molar-refractivity contribution is 7.92. The van der Waals surface area contributed by atoms with E-state index in [2.05, 4.69) is 20.0 Å². The van der Waals surface area contributed by atoms with Gasteiger partial charge in [-0.15, -0.1) is 0 Å². The average Bonchev–Trinajstić information content (AvgIpc) is 2.88. The van der Waals surface area contributed by atoms with E-state index >= 15 is 0 Å². The van der Waals surface area contributed by atoms with Gasteiger partial charge in [0, 0.05) is 31.4 Å². The third-order valence-electron chi connectivity index (χ3n) is 5.76. The predicted molar refractivity (Wildman–Crippen MR) is 136 cm³/mol. The van der Waals surface area contributed by atoms with Crippen molar-refractivity contribution in [3.05, 3.63) is 77.0 Å². The van der Waals surface area contributed by atoms with Gasteiger partial charge in [-0.05, 0) is 35.9 Å². The molecule has 0 aliphatic rings.